The average molecular weight is 430 g/mol. The molecular formula is C23H21F3N2O3. The van der Waals surface area contributed by atoms with Crippen molar-refractivity contribution in [2.75, 3.05) is 43.1 Å². The Morgan fingerprint density at radius 1 is 1.00 bits per heavy atom. The highest BCUT2D eigenvalue weighted by atomic mass is 19.4. The molecule has 1 aliphatic heterocycles. The van der Waals surface area contributed by atoms with Crippen molar-refractivity contribution in [1.29, 1.82) is 0 Å². The number of benzene rings is 3. The Labute approximate surface area is 177 Å². The van der Waals surface area contributed by atoms with E-state index in [0.29, 0.717) is 37.7 Å². The summed E-state index contributed by atoms with van der Waals surface area (Å²) in [6, 6.07) is 16.5. The number of rotatable bonds is 5. The quantitative estimate of drug-likeness (QED) is 0.637. The van der Waals surface area contributed by atoms with Gasteiger partial charge in [0.25, 0.3) is 5.91 Å². The van der Waals surface area contributed by atoms with Crippen molar-refractivity contribution in [2.45, 2.75) is 6.18 Å². The second kappa shape index (κ2) is 8.85. The summed E-state index contributed by atoms with van der Waals surface area (Å²) >= 11 is 0. The number of amides is 1. The predicted octanol–water partition coefficient (Wildman–Crippen LogP) is 4.71. The Hall–Kier alpha value is -3.26. The number of hydrogen-bond acceptors (Lipinski definition) is 4. The first-order chi connectivity index (χ1) is 14.9. The van der Waals surface area contributed by atoms with E-state index < -0.39 is 17.6 Å². The molecule has 162 valence electrons. The first-order valence-electron chi connectivity index (χ1n) is 9.85. The number of nitrogens with zero attached hydrogens (tertiary/aromatic N) is 1. The van der Waals surface area contributed by atoms with Crippen molar-refractivity contribution in [1.82, 2.24) is 0 Å². The van der Waals surface area contributed by atoms with Crippen LogP contribution in [0.1, 0.15) is 5.56 Å². The van der Waals surface area contributed by atoms with Crippen molar-refractivity contribution in [2.24, 2.45) is 0 Å². The third kappa shape index (κ3) is 5.08. The van der Waals surface area contributed by atoms with Crippen LogP contribution in [0.3, 0.4) is 0 Å². The Balaban J connectivity index is 1.49. The van der Waals surface area contributed by atoms with Gasteiger partial charge in [-0.25, -0.2) is 0 Å². The Morgan fingerprint density at radius 3 is 2.48 bits per heavy atom. The highest BCUT2D eigenvalue weighted by Crippen LogP contribution is 2.35. The van der Waals surface area contributed by atoms with E-state index in [4.69, 9.17) is 9.47 Å². The lowest BCUT2D eigenvalue weighted by molar-refractivity contribution is -0.137. The van der Waals surface area contributed by atoms with Crippen molar-refractivity contribution in [3.63, 3.8) is 0 Å². The lowest BCUT2D eigenvalue weighted by atomic mass is 10.1. The van der Waals surface area contributed by atoms with Crippen LogP contribution in [0.4, 0.5) is 24.5 Å². The molecule has 3 aromatic rings. The number of carbonyl (C=O) groups is 1. The van der Waals surface area contributed by atoms with Crippen LogP contribution in [0.15, 0.2) is 60.7 Å². The molecule has 0 saturated carbocycles. The minimum absolute atomic E-state index is 0.101. The average Bonchev–Trinajstić information content (AvgIpc) is 2.77. The molecule has 31 heavy (non-hydrogen) atoms. The van der Waals surface area contributed by atoms with E-state index in [9.17, 15) is 18.0 Å². The zero-order chi connectivity index (χ0) is 21.8. The molecule has 4 rings (SSSR count). The second-order valence-corrected chi connectivity index (χ2v) is 7.17. The highest BCUT2D eigenvalue weighted by Gasteiger charge is 2.32. The molecule has 1 amide bonds. The van der Waals surface area contributed by atoms with Gasteiger partial charge in [-0.15, -0.1) is 0 Å². The largest absolute Gasteiger partial charge is 0.484 e. The molecule has 1 heterocycles. The van der Waals surface area contributed by atoms with Crippen LogP contribution in [0.5, 0.6) is 5.75 Å². The van der Waals surface area contributed by atoms with Gasteiger partial charge in [0.15, 0.2) is 6.61 Å². The maximum absolute atomic E-state index is 13.2. The van der Waals surface area contributed by atoms with Gasteiger partial charge in [-0.2, -0.15) is 13.2 Å². The van der Waals surface area contributed by atoms with Gasteiger partial charge in [0, 0.05) is 13.1 Å². The van der Waals surface area contributed by atoms with E-state index in [1.807, 2.05) is 41.3 Å². The van der Waals surface area contributed by atoms with Gasteiger partial charge in [0.05, 0.1) is 30.2 Å². The van der Waals surface area contributed by atoms with Crippen LogP contribution in [0, 0.1) is 0 Å². The number of hydrogen-bond donors (Lipinski definition) is 1. The standard InChI is InChI=1S/C23H21F3N2O3/c24-23(25,26)18-6-8-21(28-9-11-30-12-10-28)20(14-18)27-22(29)15-31-19-7-5-16-3-1-2-4-17(16)13-19/h1-8,13-14H,9-12,15H2,(H,27,29). The Morgan fingerprint density at radius 2 is 1.74 bits per heavy atom. The maximum atomic E-state index is 13.2. The summed E-state index contributed by atoms with van der Waals surface area (Å²) in [5.74, 6) is -0.0340. The molecule has 1 N–H and O–H groups in total. The summed E-state index contributed by atoms with van der Waals surface area (Å²) in [6.45, 7) is 1.68. The van der Waals surface area contributed by atoms with Gasteiger partial charge in [-0.1, -0.05) is 30.3 Å². The Bertz CT molecular complexity index is 1080. The molecule has 0 spiro atoms. The summed E-state index contributed by atoms with van der Waals surface area (Å²) in [5, 5.41) is 4.59. The van der Waals surface area contributed by atoms with Gasteiger partial charge in [-0.3, -0.25) is 4.79 Å². The molecule has 8 heteroatoms. The molecule has 1 aliphatic rings. The number of carbonyl (C=O) groups excluding carboxylic acids is 1. The molecule has 5 nitrogen and oxygen atoms in total. The van der Waals surface area contributed by atoms with E-state index in [2.05, 4.69) is 5.32 Å². The molecule has 3 aromatic carbocycles. The van der Waals surface area contributed by atoms with Gasteiger partial charge in [0.2, 0.25) is 0 Å². The number of anilines is 2. The van der Waals surface area contributed by atoms with Crippen molar-refractivity contribution in [3.8, 4) is 5.75 Å². The molecule has 1 saturated heterocycles. The number of halogens is 3. The van der Waals surface area contributed by atoms with Crippen LogP contribution in [-0.4, -0.2) is 38.8 Å². The third-order valence-corrected chi connectivity index (χ3v) is 5.04. The van der Waals surface area contributed by atoms with E-state index in [0.717, 1.165) is 22.9 Å². The first-order valence-corrected chi connectivity index (χ1v) is 9.85. The molecule has 0 aromatic heterocycles. The van der Waals surface area contributed by atoms with E-state index in [1.165, 1.54) is 6.07 Å². The third-order valence-electron chi connectivity index (χ3n) is 5.04. The minimum Gasteiger partial charge on any atom is -0.484 e. The van der Waals surface area contributed by atoms with Gasteiger partial charge in [-0.05, 0) is 41.1 Å². The summed E-state index contributed by atoms with van der Waals surface area (Å²) in [4.78, 5) is 14.4. The fourth-order valence-corrected chi connectivity index (χ4v) is 3.48. The molecule has 1 fully saturated rings. The summed E-state index contributed by atoms with van der Waals surface area (Å²) < 4.78 is 50.5. The second-order valence-electron chi connectivity index (χ2n) is 7.17. The smallest absolute Gasteiger partial charge is 0.416 e. The maximum Gasteiger partial charge on any atom is 0.416 e. The van der Waals surface area contributed by atoms with E-state index >= 15 is 0 Å². The number of morpholine rings is 1. The van der Waals surface area contributed by atoms with Crippen LogP contribution in [-0.2, 0) is 15.7 Å². The van der Waals surface area contributed by atoms with Crippen molar-refractivity contribution < 1.29 is 27.4 Å². The van der Waals surface area contributed by atoms with E-state index in [-0.39, 0.29) is 12.3 Å². The number of alkyl halides is 3. The molecular weight excluding hydrogens is 409 g/mol. The van der Waals surface area contributed by atoms with Crippen LogP contribution >= 0.6 is 0 Å². The zero-order valence-corrected chi connectivity index (χ0v) is 16.6. The van der Waals surface area contributed by atoms with Crippen LogP contribution < -0.4 is 15.0 Å². The first kappa shape index (κ1) is 21.0. The summed E-state index contributed by atoms with van der Waals surface area (Å²) in [5.41, 5.74) is -0.200. The fraction of sp³-hybridized carbons (Fsp3) is 0.261. The fourth-order valence-electron chi connectivity index (χ4n) is 3.48. The normalized spacial score (nSPS) is 14.5. The minimum atomic E-state index is -4.51. The molecule has 0 unspecified atom stereocenters. The Kier molecular flexibility index (Phi) is 5.99. The molecule has 0 bridgehead atoms. The molecule has 0 aliphatic carbocycles. The topological polar surface area (TPSA) is 50.8 Å². The van der Waals surface area contributed by atoms with Crippen LogP contribution in [0.25, 0.3) is 10.8 Å². The molecule has 0 atom stereocenters. The van der Waals surface area contributed by atoms with Gasteiger partial charge in [0.1, 0.15) is 5.75 Å². The predicted molar refractivity (Wildman–Crippen MR) is 113 cm³/mol. The lowest BCUT2D eigenvalue weighted by Gasteiger charge is -2.31. The SMILES string of the molecule is O=C(COc1ccc2ccccc2c1)Nc1cc(C(F)(F)F)ccc1N1CCOCC1. The monoisotopic (exact) mass is 430 g/mol. The van der Waals surface area contributed by atoms with E-state index in [1.54, 1.807) is 6.07 Å². The van der Waals surface area contributed by atoms with Gasteiger partial charge >= 0.3 is 6.18 Å². The van der Waals surface area contributed by atoms with Crippen LogP contribution in [0.2, 0.25) is 0 Å². The highest BCUT2D eigenvalue weighted by molar-refractivity contribution is 5.95. The summed E-state index contributed by atoms with van der Waals surface area (Å²) in [6.07, 6.45) is -4.51. The van der Waals surface area contributed by atoms with Crippen molar-refractivity contribution >= 4 is 28.1 Å². The number of nitrogens with one attached hydrogen (secondary N) is 1. The number of ether oxygens (including phenoxy) is 2. The van der Waals surface area contributed by atoms with Crippen molar-refractivity contribution in [3.05, 3.63) is 66.2 Å². The zero-order valence-electron chi connectivity index (χ0n) is 16.6. The molecule has 0 radical (unpaired) electrons. The number of fused-ring (bicyclic) bond motifs is 1. The summed E-state index contributed by atoms with van der Waals surface area (Å²) in [7, 11) is 0. The van der Waals surface area contributed by atoms with Gasteiger partial charge < -0.3 is 19.7 Å². The lowest BCUT2D eigenvalue weighted by Crippen LogP contribution is -2.37.